The lowest BCUT2D eigenvalue weighted by Gasteiger charge is -2.15. The second-order valence-corrected chi connectivity index (χ2v) is 4.98. The number of amides is 1. The van der Waals surface area contributed by atoms with Gasteiger partial charge in [-0.1, -0.05) is 19.9 Å². The largest absolute Gasteiger partial charge is 0.502 e. The Bertz CT molecular complexity index is 329. The lowest BCUT2D eigenvalue weighted by molar-refractivity contribution is -0.146. The number of carbonyl (C=O) groups is 2. The van der Waals surface area contributed by atoms with Gasteiger partial charge in [-0.15, -0.1) is 0 Å². The number of carboxylic acid groups (broad SMARTS) is 1. The summed E-state index contributed by atoms with van der Waals surface area (Å²) in [5.41, 5.74) is 0. The van der Waals surface area contributed by atoms with Crippen molar-refractivity contribution in [1.82, 2.24) is 5.32 Å². The van der Waals surface area contributed by atoms with E-state index in [1.54, 1.807) is 0 Å². The third-order valence-corrected chi connectivity index (χ3v) is 3.75. The number of carbonyl (C=O) groups excluding carboxylic acids is 1. The molecular weight excluding hydrogens is 246 g/mol. The molecule has 5 heteroatoms. The van der Waals surface area contributed by atoms with Crippen LogP contribution in [0.3, 0.4) is 0 Å². The summed E-state index contributed by atoms with van der Waals surface area (Å²) in [4.78, 5) is 23.2. The quantitative estimate of drug-likeness (QED) is 0.520. The highest BCUT2D eigenvalue weighted by Crippen LogP contribution is 2.38. The summed E-state index contributed by atoms with van der Waals surface area (Å²) in [6.07, 6.45) is 4.29. The summed E-state index contributed by atoms with van der Waals surface area (Å²) in [5.74, 6) is -1.56. The molecule has 1 aliphatic carbocycles. The molecule has 0 spiro atoms. The molecule has 5 nitrogen and oxygen atoms in total. The van der Waals surface area contributed by atoms with Gasteiger partial charge in [0.25, 0.3) is 0 Å². The average Bonchev–Trinajstić information content (AvgIpc) is 2.82. The Morgan fingerprint density at radius 3 is 2.68 bits per heavy atom. The molecule has 1 amide bonds. The molecule has 1 fully saturated rings. The minimum atomic E-state index is -0.855. The van der Waals surface area contributed by atoms with E-state index in [1.807, 2.05) is 6.92 Å². The van der Waals surface area contributed by atoms with E-state index in [0.717, 1.165) is 6.42 Å². The highest BCUT2D eigenvalue weighted by molar-refractivity contribution is 5.85. The van der Waals surface area contributed by atoms with Crippen LogP contribution in [0.25, 0.3) is 0 Å². The fourth-order valence-corrected chi connectivity index (χ4v) is 2.62. The number of ether oxygens (including phenoxy) is 1. The van der Waals surface area contributed by atoms with Gasteiger partial charge in [-0.05, 0) is 25.2 Å². The van der Waals surface area contributed by atoms with Crippen LogP contribution in [0.1, 0.15) is 32.6 Å². The van der Waals surface area contributed by atoms with Crippen LogP contribution in [0.4, 0.5) is 0 Å². The zero-order valence-electron chi connectivity index (χ0n) is 11.4. The van der Waals surface area contributed by atoms with Crippen LogP contribution in [0, 0.1) is 17.8 Å². The molecule has 0 radical (unpaired) electrons. The van der Waals surface area contributed by atoms with Crippen molar-refractivity contribution in [1.29, 1.82) is 0 Å². The van der Waals surface area contributed by atoms with Crippen molar-refractivity contribution in [2.45, 2.75) is 32.6 Å². The first kappa shape index (κ1) is 15.5. The number of hydrogen-bond donors (Lipinski definition) is 2. The van der Waals surface area contributed by atoms with E-state index < -0.39 is 11.9 Å². The van der Waals surface area contributed by atoms with E-state index in [1.165, 1.54) is 6.26 Å². The Morgan fingerprint density at radius 2 is 2.11 bits per heavy atom. The summed E-state index contributed by atoms with van der Waals surface area (Å²) >= 11 is 0. The zero-order chi connectivity index (χ0) is 14.3. The number of carboxylic acids is 1. The minimum absolute atomic E-state index is 0.137. The van der Waals surface area contributed by atoms with Gasteiger partial charge in [0.05, 0.1) is 24.7 Å². The average molecular weight is 269 g/mol. The van der Waals surface area contributed by atoms with E-state index in [0.29, 0.717) is 38.3 Å². The normalized spacial score (nSPS) is 25.8. The van der Waals surface area contributed by atoms with Crippen molar-refractivity contribution in [3.05, 3.63) is 12.8 Å². The smallest absolute Gasteiger partial charge is 0.307 e. The van der Waals surface area contributed by atoms with Crippen molar-refractivity contribution in [2.24, 2.45) is 17.8 Å². The van der Waals surface area contributed by atoms with Gasteiger partial charge in [-0.25, -0.2) is 0 Å². The van der Waals surface area contributed by atoms with Gasteiger partial charge in [0.1, 0.15) is 0 Å². The van der Waals surface area contributed by atoms with Gasteiger partial charge in [0, 0.05) is 6.54 Å². The molecular formula is C14H23NO4. The Hall–Kier alpha value is -1.52. The molecule has 19 heavy (non-hydrogen) atoms. The van der Waals surface area contributed by atoms with E-state index in [4.69, 9.17) is 4.74 Å². The van der Waals surface area contributed by atoms with Gasteiger partial charge in [-0.2, -0.15) is 0 Å². The maximum Gasteiger partial charge on any atom is 0.307 e. The van der Waals surface area contributed by atoms with Crippen LogP contribution < -0.4 is 5.32 Å². The lowest BCUT2D eigenvalue weighted by Crippen LogP contribution is -2.36. The number of rotatable bonds is 8. The van der Waals surface area contributed by atoms with Crippen molar-refractivity contribution in [3.8, 4) is 0 Å². The Labute approximate surface area is 114 Å². The van der Waals surface area contributed by atoms with Gasteiger partial charge >= 0.3 is 5.97 Å². The number of nitrogens with one attached hydrogen (secondary N) is 1. The Kier molecular flexibility index (Phi) is 6.39. The van der Waals surface area contributed by atoms with E-state index in [2.05, 4.69) is 11.9 Å². The second kappa shape index (κ2) is 7.81. The molecule has 0 heterocycles. The summed E-state index contributed by atoms with van der Waals surface area (Å²) in [6.45, 7) is 6.48. The van der Waals surface area contributed by atoms with Crippen LogP contribution in [0.15, 0.2) is 12.8 Å². The molecule has 108 valence electrons. The standard InChI is InChI=1S/C14H23NO4/c1-3-10-8-11(12(9-10)14(17)18)13(16)15-6-5-7-19-4-2/h4,10-12H,2-3,5-9H2,1H3,(H,15,16)(H,17,18). The van der Waals surface area contributed by atoms with Gasteiger partial charge in [0.2, 0.25) is 5.91 Å². The third kappa shape index (κ3) is 4.58. The molecule has 1 saturated carbocycles. The van der Waals surface area contributed by atoms with Crippen LogP contribution >= 0.6 is 0 Å². The maximum absolute atomic E-state index is 12.0. The van der Waals surface area contributed by atoms with Crippen molar-refractivity contribution in [3.63, 3.8) is 0 Å². The van der Waals surface area contributed by atoms with Crippen LogP contribution in [-0.4, -0.2) is 30.1 Å². The van der Waals surface area contributed by atoms with Gasteiger partial charge in [0.15, 0.2) is 0 Å². The highest BCUT2D eigenvalue weighted by atomic mass is 16.5. The summed E-state index contributed by atoms with van der Waals surface area (Å²) in [6, 6.07) is 0. The molecule has 0 aromatic heterocycles. The topological polar surface area (TPSA) is 75.6 Å². The van der Waals surface area contributed by atoms with Crippen molar-refractivity contribution in [2.75, 3.05) is 13.2 Å². The summed E-state index contributed by atoms with van der Waals surface area (Å²) < 4.78 is 4.95. The highest BCUT2D eigenvalue weighted by Gasteiger charge is 2.41. The number of aliphatic carboxylic acids is 1. The van der Waals surface area contributed by atoms with E-state index in [9.17, 15) is 14.7 Å². The van der Waals surface area contributed by atoms with E-state index >= 15 is 0 Å². The third-order valence-electron chi connectivity index (χ3n) is 3.75. The first-order valence-corrected chi connectivity index (χ1v) is 6.83. The van der Waals surface area contributed by atoms with Crippen LogP contribution in [-0.2, 0) is 14.3 Å². The second-order valence-electron chi connectivity index (χ2n) is 4.98. The Balaban J connectivity index is 2.40. The van der Waals surface area contributed by atoms with Crippen molar-refractivity contribution < 1.29 is 19.4 Å². The van der Waals surface area contributed by atoms with Crippen LogP contribution in [0.5, 0.6) is 0 Å². The van der Waals surface area contributed by atoms with E-state index in [-0.39, 0.29) is 11.8 Å². The minimum Gasteiger partial charge on any atom is -0.502 e. The number of hydrogen-bond acceptors (Lipinski definition) is 3. The lowest BCUT2D eigenvalue weighted by atomic mass is 9.95. The first-order valence-electron chi connectivity index (χ1n) is 6.83. The molecule has 0 aromatic rings. The molecule has 3 atom stereocenters. The molecule has 0 bridgehead atoms. The Morgan fingerprint density at radius 1 is 1.42 bits per heavy atom. The SMILES string of the molecule is C=COCCCNC(=O)C1CC(CC)CC1C(=O)O. The molecule has 0 aromatic carbocycles. The molecule has 1 rings (SSSR count). The monoisotopic (exact) mass is 269 g/mol. The first-order chi connectivity index (χ1) is 9.10. The molecule has 0 saturated heterocycles. The molecule has 3 unspecified atom stereocenters. The molecule has 2 N–H and O–H groups in total. The van der Waals surface area contributed by atoms with Gasteiger partial charge < -0.3 is 15.2 Å². The fraction of sp³-hybridized carbons (Fsp3) is 0.714. The molecule has 1 aliphatic rings. The summed E-state index contributed by atoms with van der Waals surface area (Å²) in [5, 5.41) is 12.0. The zero-order valence-corrected chi connectivity index (χ0v) is 11.4. The van der Waals surface area contributed by atoms with Gasteiger partial charge in [-0.3, -0.25) is 9.59 Å². The van der Waals surface area contributed by atoms with Crippen LogP contribution in [0.2, 0.25) is 0 Å². The van der Waals surface area contributed by atoms with Crippen molar-refractivity contribution >= 4 is 11.9 Å². The molecule has 0 aliphatic heterocycles. The predicted octanol–water partition coefficient (Wildman–Crippen LogP) is 1.79. The predicted molar refractivity (Wildman–Crippen MR) is 71.4 cm³/mol. The summed E-state index contributed by atoms with van der Waals surface area (Å²) in [7, 11) is 0. The fourth-order valence-electron chi connectivity index (χ4n) is 2.62. The maximum atomic E-state index is 12.0.